The molecular formula is C17H19NO2S. The summed E-state index contributed by atoms with van der Waals surface area (Å²) < 4.78 is 17.4. The third-order valence-corrected chi connectivity index (χ3v) is 4.49. The minimum atomic E-state index is -1.06. The van der Waals surface area contributed by atoms with E-state index in [0.29, 0.717) is 5.75 Å². The van der Waals surface area contributed by atoms with E-state index in [0.717, 1.165) is 22.0 Å². The molecule has 0 bridgehead atoms. The molecule has 2 aromatic carbocycles. The van der Waals surface area contributed by atoms with Crippen LogP contribution in [0.3, 0.4) is 0 Å². The molecule has 3 nitrogen and oxygen atoms in total. The maximum atomic E-state index is 12.3. The van der Waals surface area contributed by atoms with Crippen LogP contribution in [-0.2, 0) is 10.8 Å². The minimum Gasteiger partial charge on any atom is -0.497 e. The summed E-state index contributed by atoms with van der Waals surface area (Å²) in [4.78, 5) is 5.32. The third kappa shape index (κ3) is 4.53. The van der Waals surface area contributed by atoms with Crippen molar-refractivity contribution >= 4 is 22.2 Å². The molecule has 0 aromatic heterocycles. The number of benzene rings is 2. The van der Waals surface area contributed by atoms with Crippen molar-refractivity contribution in [2.45, 2.75) is 18.7 Å². The van der Waals surface area contributed by atoms with E-state index in [-0.39, 0.29) is 0 Å². The minimum absolute atomic E-state index is 0.440. The molecule has 0 aliphatic heterocycles. The van der Waals surface area contributed by atoms with Crippen LogP contribution in [0.25, 0.3) is 0 Å². The SMILES string of the molecule is COc1ccc(N=C(C)CS(=O)c2ccc(C)cc2)cc1. The maximum Gasteiger partial charge on any atom is 0.119 e. The lowest BCUT2D eigenvalue weighted by Gasteiger charge is -2.04. The molecule has 1 atom stereocenters. The van der Waals surface area contributed by atoms with Crippen molar-refractivity contribution in [3.05, 3.63) is 54.1 Å². The lowest BCUT2D eigenvalue weighted by molar-refractivity contribution is 0.415. The van der Waals surface area contributed by atoms with Gasteiger partial charge in [-0.3, -0.25) is 9.20 Å². The number of hydrogen-bond acceptors (Lipinski definition) is 3. The van der Waals surface area contributed by atoms with Crippen LogP contribution in [0.2, 0.25) is 0 Å². The van der Waals surface area contributed by atoms with Gasteiger partial charge in [0.25, 0.3) is 0 Å². The van der Waals surface area contributed by atoms with Crippen LogP contribution in [0, 0.1) is 6.92 Å². The van der Waals surface area contributed by atoms with Gasteiger partial charge >= 0.3 is 0 Å². The highest BCUT2D eigenvalue weighted by atomic mass is 32.2. The Morgan fingerprint density at radius 1 is 1.10 bits per heavy atom. The molecule has 0 aliphatic carbocycles. The summed E-state index contributed by atoms with van der Waals surface area (Å²) in [6.45, 7) is 3.92. The van der Waals surface area contributed by atoms with Crippen molar-refractivity contribution in [3.63, 3.8) is 0 Å². The third-order valence-electron chi connectivity index (χ3n) is 3.02. The standard InChI is InChI=1S/C17H19NO2S/c1-13-4-10-17(11-5-13)21(19)12-14(2)18-15-6-8-16(20-3)9-7-15/h4-11H,12H2,1-3H3. The number of aryl methyl sites for hydroxylation is 1. The Balaban J connectivity index is 2.05. The van der Waals surface area contributed by atoms with Gasteiger partial charge in [0.15, 0.2) is 0 Å². The lowest BCUT2D eigenvalue weighted by atomic mass is 10.2. The highest BCUT2D eigenvalue weighted by Crippen LogP contribution is 2.18. The van der Waals surface area contributed by atoms with Crippen molar-refractivity contribution in [1.29, 1.82) is 0 Å². The fourth-order valence-corrected chi connectivity index (χ4v) is 2.92. The number of ether oxygens (including phenoxy) is 1. The molecule has 0 spiro atoms. The summed E-state index contributed by atoms with van der Waals surface area (Å²) in [6.07, 6.45) is 0. The van der Waals surface area contributed by atoms with E-state index < -0.39 is 10.8 Å². The van der Waals surface area contributed by atoms with Gasteiger partial charge in [-0.2, -0.15) is 0 Å². The van der Waals surface area contributed by atoms with E-state index in [1.54, 1.807) is 7.11 Å². The molecule has 2 rings (SSSR count). The van der Waals surface area contributed by atoms with Crippen LogP contribution in [0.5, 0.6) is 5.75 Å². The molecule has 4 heteroatoms. The van der Waals surface area contributed by atoms with Crippen LogP contribution < -0.4 is 4.74 Å². The molecule has 2 aromatic rings. The topological polar surface area (TPSA) is 38.7 Å². The Bertz CT molecular complexity index is 645. The van der Waals surface area contributed by atoms with Gasteiger partial charge in [-0.1, -0.05) is 17.7 Å². The van der Waals surface area contributed by atoms with Crippen molar-refractivity contribution in [3.8, 4) is 5.75 Å². The first-order valence-electron chi connectivity index (χ1n) is 6.72. The van der Waals surface area contributed by atoms with Crippen molar-refractivity contribution in [1.82, 2.24) is 0 Å². The molecule has 0 heterocycles. The molecule has 0 saturated heterocycles. The summed E-state index contributed by atoms with van der Waals surface area (Å²) in [7, 11) is 0.576. The number of hydrogen-bond donors (Lipinski definition) is 0. The Morgan fingerprint density at radius 2 is 1.71 bits per heavy atom. The first-order valence-corrected chi connectivity index (χ1v) is 8.03. The van der Waals surface area contributed by atoms with Gasteiger partial charge in [-0.25, -0.2) is 0 Å². The Hall–Kier alpha value is -1.94. The predicted molar refractivity (Wildman–Crippen MR) is 88.2 cm³/mol. The molecule has 0 amide bonds. The molecule has 0 aliphatic rings. The fraction of sp³-hybridized carbons (Fsp3) is 0.235. The summed E-state index contributed by atoms with van der Waals surface area (Å²) in [5.41, 5.74) is 2.85. The number of nitrogens with zero attached hydrogens (tertiary/aromatic N) is 1. The van der Waals surface area contributed by atoms with Crippen LogP contribution in [0.4, 0.5) is 5.69 Å². The van der Waals surface area contributed by atoms with Crippen LogP contribution in [0.1, 0.15) is 12.5 Å². The number of methoxy groups -OCH3 is 1. The normalized spacial score (nSPS) is 13.0. The van der Waals surface area contributed by atoms with Crippen molar-refractivity contribution in [2.24, 2.45) is 4.99 Å². The van der Waals surface area contributed by atoms with Crippen molar-refractivity contribution < 1.29 is 8.95 Å². The smallest absolute Gasteiger partial charge is 0.119 e. The number of aliphatic imine (C=N–C) groups is 1. The van der Waals surface area contributed by atoms with Gasteiger partial charge in [-0.05, 0) is 50.2 Å². The zero-order valence-corrected chi connectivity index (χ0v) is 13.3. The molecule has 0 fully saturated rings. The monoisotopic (exact) mass is 301 g/mol. The summed E-state index contributed by atoms with van der Waals surface area (Å²) in [6, 6.07) is 15.3. The average molecular weight is 301 g/mol. The highest BCUT2D eigenvalue weighted by molar-refractivity contribution is 7.85. The first-order chi connectivity index (χ1) is 10.1. The van der Waals surface area contributed by atoms with E-state index in [1.165, 1.54) is 5.56 Å². The van der Waals surface area contributed by atoms with Crippen LogP contribution in [-0.4, -0.2) is 22.8 Å². The summed E-state index contributed by atoms with van der Waals surface area (Å²) in [5.74, 6) is 1.24. The van der Waals surface area contributed by atoms with Gasteiger partial charge in [0.2, 0.25) is 0 Å². The highest BCUT2D eigenvalue weighted by Gasteiger charge is 2.05. The number of rotatable bonds is 5. The average Bonchev–Trinajstić information content (AvgIpc) is 2.48. The molecule has 0 radical (unpaired) electrons. The van der Waals surface area contributed by atoms with E-state index in [1.807, 2.05) is 62.4 Å². The molecule has 0 saturated carbocycles. The maximum absolute atomic E-state index is 12.3. The van der Waals surface area contributed by atoms with Gasteiger partial charge < -0.3 is 4.74 Å². The largest absolute Gasteiger partial charge is 0.497 e. The Morgan fingerprint density at radius 3 is 2.29 bits per heavy atom. The second-order valence-corrected chi connectivity index (χ2v) is 6.30. The van der Waals surface area contributed by atoms with E-state index >= 15 is 0 Å². The van der Waals surface area contributed by atoms with Crippen LogP contribution >= 0.6 is 0 Å². The van der Waals surface area contributed by atoms with Crippen molar-refractivity contribution in [2.75, 3.05) is 12.9 Å². The van der Waals surface area contributed by atoms with Gasteiger partial charge in [0.05, 0.1) is 29.3 Å². The van der Waals surface area contributed by atoms with E-state index in [4.69, 9.17) is 4.74 Å². The molecule has 1 unspecified atom stereocenters. The van der Waals surface area contributed by atoms with E-state index in [2.05, 4.69) is 4.99 Å². The van der Waals surface area contributed by atoms with Gasteiger partial charge in [0.1, 0.15) is 5.75 Å². The first kappa shape index (κ1) is 15.4. The fourth-order valence-electron chi connectivity index (χ4n) is 1.87. The predicted octanol–water partition coefficient (Wildman–Crippen LogP) is 3.90. The zero-order chi connectivity index (χ0) is 15.2. The quantitative estimate of drug-likeness (QED) is 0.786. The van der Waals surface area contributed by atoms with Crippen LogP contribution in [0.15, 0.2) is 58.4 Å². The molecule has 110 valence electrons. The Labute approximate surface area is 128 Å². The van der Waals surface area contributed by atoms with E-state index in [9.17, 15) is 4.21 Å². The van der Waals surface area contributed by atoms with Gasteiger partial charge in [0, 0.05) is 10.6 Å². The summed E-state index contributed by atoms with van der Waals surface area (Å²) >= 11 is 0. The van der Waals surface area contributed by atoms with Gasteiger partial charge in [-0.15, -0.1) is 0 Å². The Kier molecular flexibility index (Phi) is 5.28. The molecule has 0 N–H and O–H groups in total. The summed E-state index contributed by atoms with van der Waals surface area (Å²) in [5, 5.41) is 0. The lowest BCUT2D eigenvalue weighted by Crippen LogP contribution is -2.07. The molecular weight excluding hydrogens is 282 g/mol. The second-order valence-electron chi connectivity index (χ2n) is 4.85. The second kappa shape index (κ2) is 7.18. The zero-order valence-electron chi connectivity index (χ0n) is 12.5. The molecule has 21 heavy (non-hydrogen) atoms.